The zero-order valence-corrected chi connectivity index (χ0v) is 47.4. The van der Waals surface area contributed by atoms with Crippen LogP contribution in [-0.2, 0) is 6.42 Å². The van der Waals surface area contributed by atoms with E-state index >= 15 is 0 Å². The van der Waals surface area contributed by atoms with Gasteiger partial charge in [-0.25, -0.2) is 0 Å². The minimum Gasteiger partial charge on any atom is -0.493 e. The first kappa shape index (κ1) is 56.8. The van der Waals surface area contributed by atoms with Gasteiger partial charge in [0.05, 0.1) is 18.0 Å². The van der Waals surface area contributed by atoms with E-state index in [1.165, 1.54) is 56.6 Å². The second-order valence-corrected chi connectivity index (χ2v) is 21.6. The van der Waals surface area contributed by atoms with Gasteiger partial charge in [0.2, 0.25) is 13.6 Å². The maximum absolute atomic E-state index is 5.72. The Morgan fingerprint density at radius 2 is 0.921 bits per heavy atom. The molecule has 0 atom stereocenters. The number of aryl methyl sites for hydroxylation is 1. The topological polar surface area (TPSA) is 101 Å². The first-order chi connectivity index (χ1) is 36.7. The molecule has 0 saturated carbocycles. The minimum absolute atomic E-state index is 0.358. The molecule has 0 unspecified atom stereocenters. The van der Waals surface area contributed by atoms with Gasteiger partial charge in [0.15, 0.2) is 23.0 Å². The van der Waals surface area contributed by atoms with Gasteiger partial charge in [-0.1, -0.05) is 150 Å². The molecular formula is C66H85N3O7. The van der Waals surface area contributed by atoms with Gasteiger partial charge >= 0.3 is 0 Å². The van der Waals surface area contributed by atoms with Gasteiger partial charge in [-0.2, -0.15) is 0 Å². The summed E-state index contributed by atoms with van der Waals surface area (Å²) in [5.41, 5.74) is 14.2. The van der Waals surface area contributed by atoms with Gasteiger partial charge < -0.3 is 49.1 Å². The Kier molecular flexibility index (Phi) is 20.7. The van der Waals surface area contributed by atoms with E-state index in [-0.39, 0.29) is 0 Å². The molecule has 12 rings (SSSR count). The van der Waals surface area contributed by atoms with E-state index in [1.807, 2.05) is 24.3 Å². The van der Waals surface area contributed by atoms with Crippen molar-refractivity contribution in [1.29, 1.82) is 0 Å². The van der Waals surface area contributed by atoms with Gasteiger partial charge in [0, 0.05) is 30.9 Å². The highest BCUT2D eigenvalue weighted by Gasteiger charge is 2.20. The summed E-state index contributed by atoms with van der Waals surface area (Å²) in [6.45, 7) is 32.2. The van der Waals surface area contributed by atoms with Gasteiger partial charge in [-0.15, -0.1) is 0 Å². The highest BCUT2D eigenvalue weighted by atomic mass is 16.7. The predicted octanol–water partition coefficient (Wildman–Crippen LogP) is 16.7. The third-order valence-electron chi connectivity index (χ3n) is 13.8. The second-order valence-electron chi connectivity index (χ2n) is 21.6. The number of nitrogens with one attached hydrogen (secondary N) is 3. The summed E-state index contributed by atoms with van der Waals surface area (Å²) >= 11 is 0. The van der Waals surface area contributed by atoms with Crippen LogP contribution in [0.5, 0.6) is 40.2 Å². The number of ether oxygens (including phenoxy) is 7. The van der Waals surface area contributed by atoms with Crippen LogP contribution in [0.2, 0.25) is 0 Å². The van der Waals surface area contributed by atoms with Crippen molar-refractivity contribution in [2.45, 2.75) is 131 Å². The lowest BCUT2D eigenvalue weighted by Gasteiger charge is -2.21. The first-order valence-electron chi connectivity index (χ1n) is 27.7. The van der Waals surface area contributed by atoms with Crippen LogP contribution in [0.3, 0.4) is 0 Å². The van der Waals surface area contributed by atoms with Crippen molar-refractivity contribution in [3.63, 3.8) is 0 Å². The van der Waals surface area contributed by atoms with E-state index < -0.39 is 0 Å². The zero-order chi connectivity index (χ0) is 54.1. The van der Waals surface area contributed by atoms with E-state index in [2.05, 4.69) is 196 Å². The fourth-order valence-corrected chi connectivity index (χ4v) is 9.17. The first-order valence-corrected chi connectivity index (χ1v) is 27.7. The Morgan fingerprint density at radius 1 is 0.382 bits per heavy atom. The van der Waals surface area contributed by atoms with E-state index in [4.69, 9.17) is 33.2 Å². The molecule has 0 aliphatic carbocycles. The third kappa shape index (κ3) is 15.6. The quantitative estimate of drug-likeness (QED) is 0.150. The Hall–Kier alpha value is -6.94. The molecular weight excluding hydrogens is 947 g/mol. The van der Waals surface area contributed by atoms with Crippen LogP contribution in [0.15, 0.2) is 115 Å². The van der Waals surface area contributed by atoms with Crippen LogP contribution in [0, 0.1) is 0 Å². The van der Waals surface area contributed by atoms with E-state index in [1.54, 1.807) is 0 Å². The van der Waals surface area contributed by atoms with Gasteiger partial charge in [-0.05, 0) is 142 Å². The highest BCUT2D eigenvalue weighted by Crippen LogP contribution is 2.39. The Labute approximate surface area is 454 Å². The molecule has 0 aromatic heterocycles. The molecule has 0 saturated heterocycles. The van der Waals surface area contributed by atoms with Crippen LogP contribution in [-0.4, -0.2) is 53.0 Å². The molecule has 3 N–H and O–H groups in total. The fraction of sp³-hybridized carbons (Fsp3) is 0.424. The smallest absolute Gasteiger partial charge is 0.231 e. The molecule has 6 aliphatic rings. The number of para-hydroxylation sites is 2. The molecule has 10 nitrogen and oxygen atoms in total. The summed E-state index contributed by atoms with van der Waals surface area (Å²) < 4.78 is 37.9. The van der Waals surface area contributed by atoms with Crippen molar-refractivity contribution >= 4 is 23.1 Å². The lowest BCUT2D eigenvalue weighted by atomic mass is 9.96. The van der Waals surface area contributed by atoms with E-state index in [9.17, 15) is 0 Å². The molecule has 6 aromatic carbocycles. The second kappa shape index (κ2) is 27.7. The van der Waals surface area contributed by atoms with Crippen LogP contribution in [0.4, 0.5) is 17.1 Å². The van der Waals surface area contributed by atoms with Gasteiger partial charge in [0.1, 0.15) is 30.5 Å². The molecule has 0 spiro atoms. The van der Waals surface area contributed by atoms with Crippen molar-refractivity contribution in [2.24, 2.45) is 0 Å². The van der Waals surface area contributed by atoms with Crippen molar-refractivity contribution in [1.82, 2.24) is 0 Å². The fourth-order valence-electron chi connectivity index (χ4n) is 9.17. The number of rotatable bonds is 6. The maximum Gasteiger partial charge on any atom is 0.231 e. The van der Waals surface area contributed by atoms with Crippen LogP contribution >= 0.6 is 0 Å². The van der Waals surface area contributed by atoms with Crippen molar-refractivity contribution in [3.8, 4) is 40.2 Å². The maximum atomic E-state index is 5.72. The SMILES string of the molecule is CC(C)c1ccc2c(c1)C=CCN2.CC(C)c1ccc2c(c1)NCCO2.CC(C)c1ccc2c(c1)OCCN2.CC(C)c1ccc2c(c1)OCO2.CC(C)c1cccc2c1OCCC2.CC(C)c1cccc2c1OCO2. The van der Waals surface area contributed by atoms with E-state index in [0.717, 1.165) is 97.5 Å². The van der Waals surface area contributed by atoms with Gasteiger partial charge in [0.25, 0.3) is 0 Å². The molecule has 406 valence electrons. The standard InChI is InChI=1S/C12H15N.C12H16O.2C11H15NO.2C10H12O2/c1-9(2)10-5-6-12-11(8-10)4-3-7-13-12;1-9(2)11-7-3-5-10-6-4-8-13-12(10)11;1-8(2)9-3-4-11-10(7-9)12-5-6-13-11;1-8(2)9-3-4-10-11(7-9)13-6-5-12-10;1-7(2)8-3-4-9-10(5-8)12-6-11-9;1-7(2)8-4-3-5-9-10(8)12-6-11-9/h3-6,8-9,13H,7H2,1-2H3;3,5,7,9H,4,6,8H2,1-2H3;2*3-4,7-8,12H,5-6H2,1-2H3;2*3-5,7H,6H2,1-2H3. The molecule has 10 heteroatoms. The molecule has 6 aliphatic heterocycles. The Balaban J connectivity index is 0.000000133. The zero-order valence-electron chi connectivity index (χ0n) is 47.4. The summed E-state index contributed by atoms with van der Waals surface area (Å²) in [7, 11) is 0. The van der Waals surface area contributed by atoms with Crippen LogP contribution in [0.1, 0.15) is 170 Å². The number of hydrogen-bond acceptors (Lipinski definition) is 10. The molecule has 6 heterocycles. The lowest BCUT2D eigenvalue weighted by Crippen LogP contribution is -2.18. The number of benzene rings is 6. The highest BCUT2D eigenvalue weighted by molar-refractivity contribution is 5.70. The van der Waals surface area contributed by atoms with Crippen LogP contribution < -0.4 is 49.1 Å². The monoisotopic (exact) mass is 1030 g/mol. The molecule has 0 fully saturated rings. The summed E-state index contributed by atoms with van der Waals surface area (Å²) in [5.74, 6) is 10.0. The average molecular weight is 1030 g/mol. The van der Waals surface area contributed by atoms with Crippen LogP contribution in [0.25, 0.3) is 6.08 Å². The van der Waals surface area contributed by atoms with Crippen molar-refractivity contribution < 1.29 is 33.2 Å². The Bertz CT molecular complexity index is 2770. The number of anilines is 3. The van der Waals surface area contributed by atoms with Crippen molar-refractivity contribution in [2.75, 3.05) is 69.0 Å². The summed E-state index contributed by atoms with van der Waals surface area (Å²) in [4.78, 5) is 0. The third-order valence-corrected chi connectivity index (χ3v) is 13.8. The normalized spacial score (nSPS) is 14.4. The lowest BCUT2D eigenvalue weighted by molar-refractivity contribution is 0.173. The number of fused-ring (bicyclic) bond motifs is 6. The molecule has 0 radical (unpaired) electrons. The summed E-state index contributed by atoms with van der Waals surface area (Å²) in [6.07, 6.45) is 6.69. The van der Waals surface area contributed by atoms with Crippen molar-refractivity contribution in [3.05, 3.63) is 160 Å². The summed E-state index contributed by atoms with van der Waals surface area (Å²) in [5, 5.41) is 9.98. The Morgan fingerprint density at radius 3 is 1.61 bits per heavy atom. The molecule has 6 aromatic rings. The molecule has 76 heavy (non-hydrogen) atoms. The minimum atomic E-state index is 0.358. The largest absolute Gasteiger partial charge is 0.493 e. The number of hydrogen-bond donors (Lipinski definition) is 3. The molecule has 0 bridgehead atoms. The summed E-state index contributed by atoms with van der Waals surface area (Å²) in [6, 6.07) is 38.0. The van der Waals surface area contributed by atoms with E-state index in [0.29, 0.717) is 49.1 Å². The predicted molar refractivity (Wildman–Crippen MR) is 315 cm³/mol. The molecule has 0 amide bonds. The van der Waals surface area contributed by atoms with Gasteiger partial charge in [-0.3, -0.25) is 0 Å². The average Bonchev–Trinajstić information content (AvgIpc) is 4.14.